The predicted molar refractivity (Wildman–Crippen MR) is 64.7 cm³/mol. The maximum atomic E-state index is 12.0. The summed E-state index contributed by atoms with van der Waals surface area (Å²) in [7, 11) is 0. The summed E-state index contributed by atoms with van der Waals surface area (Å²) in [4.78, 5) is 12.1. The van der Waals surface area contributed by atoms with Crippen molar-refractivity contribution in [1.82, 2.24) is 4.90 Å². The van der Waals surface area contributed by atoms with Gasteiger partial charge in [0.25, 0.3) is 0 Å². The third-order valence-electron chi connectivity index (χ3n) is 3.35. The van der Waals surface area contributed by atoms with Crippen LogP contribution < -0.4 is 4.74 Å². The molecule has 2 rings (SSSR count). The molecule has 0 atom stereocenters. The summed E-state index contributed by atoms with van der Waals surface area (Å²) in [6, 6.07) is 5.77. The Morgan fingerprint density at radius 1 is 1.20 bits per heavy atom. The fourth-order valence-corrected chi connectivity index (χ4v) is 2.35. The van der Waals surface area contributed by atoms with Crippen LogP contribution in [0.25, 0.3) is 0 Å². The molecule has 1 aromatic carbocycles. The molecule has 1 aliphatic heterocycles. The topological polar surface area (TPSA) is 49.8 Å². The molecule has 1 aliphatic rings. The summed E-state index contributed by atoms with van der Waals surface area (Å²) >= 11 is 0. The largest absolute Gasteiger partial charge is 0.573 e. The summed E-state index contributed by atoms with van der Waals surface area (Å²) in [6.07, 6.45) is -4.27. The highest BCUT2D eigenvalue weighted by Crippen LogP contribution is 2.30. The molecule has 20 heavy (non-hydrogen) atoms. The number of benzene rings is 1. The maximum Gasteiger partial charge on any atom is 0.573 e. The first-order valence-electron chi connectivity index (χ1n) is 6.19. The normalized spacial score (nSPS) is 17.1. The summed E-state index contributed by atoms with van der Waals surface area (Å²) in [5.74, 6) is -0.0743. The molecule has 0 saturated carbocycles. The van der Waals surface area contributed by atoms with Crippen LogP contribution in [0, 0.1) is 0 Å². The minimum Gasteiger partial charge on any atom is -0.465 e. The van der Waals surface area contributed by atoms with E-state index in [2.05, 4.69) is 4.74 Å². The highest BCUT2D eigenvalue weighted by Gasteiger charge is 2.31. The van der Waals surface area contributed by atoms with Crippen molar-refractivity contribution in [1.29, 1.82) is 0 Å². The molecule has 1 amide bonds. The molecule has 1 heterocycles. The highest BCUT2D eigenvalue weighted by molar-refractivity contribution is 5.65. The average molecular weight is 289 g/mol. The average Bonchev–Trinajstić information content (AvgIpc) is 2.38. The van der Waals surface area contributed by atoms with E-state index in [9.17, 15) is 18.0 Å². The lowest BCUT2D eigenvalue weighted by Gasteiger charge is -2.30. The molecule has 1 aromatic rings. The second-order valence-corrected chi connectivity index (χ2v) is 4.66. The van der Waals surface area contributed by atoms with Crippen LogP contribution in [0.3, 0.4) is 0 Å². The first-order valence-corrected chi connectivity index (χ1v) is 6.19. The van der Waals surface area contributed by atoms with Gasteiger partial charge in [-0.25, -0.2) is 4.79 Å². The molecule has 110 valence electrons. The van der Waals surface area contributed by atoms with E-state index in [0.29, 0.717) is 25.9 Å². The van der Waals surface area contributed by atoms with Gasteiger partial charge in [0.1, 0.15) is 5.75 Å². The van der Waals surface area contributed by atoms with Gasteiger partial charge in [-0.15, -0.1) is 13.2 Å². The van der Waals surface area contributed by atoms with E-state index in [0.717, 1.165) is 5.56 Å². The number of alkyl halides is 3. The van der Waals surface area contributed by atoms with Gasteiger partial charge in [-0.2, -0.15) is 0 Å². The Balaban J connectivity index is 1.96. The van der Waals surface area contributed by atoms with Crippen LogP contribution in [0.15, 0.2) is 24.3 Å². The first-order chi connectivity index (χ1) is 9.35. The van der Waals surface area contributed by atoms with E-state index in [1.165, 1.54) is 17.0 Å². The molecule has 0 aliphatic carbocycles. The summed E-state index contributed by atoms with van der Waals surface area (Å²) in [5.41, 5.74) is 0.907. The van der Waals surface area contributed by atoms with E-state index in [-0.39, 0.29) is 11.7 Å². The summed E-state index contributed by atoms with van der Waals surface area (Å²) in [5, 5.41) is 8.84. The fraction of sp³-hybridized carbons (Fsp3) is 0.462. The minimum atomic E-state index is -4.69. The van der Waals surface area contributed by atoms with Crippen LogP contribution >= 0.6 is 0 Å². The van der Waals surface area contributed by atoms with Gasteiger partial charge in [-0.05, 0) is 36.5 Å². The Hall–Kier alpha value is -1.92. The number of carbonyl (C=O) groups is 1. The van der Waals surface area contributed by atoms with Crippen molar-refractivity contribution < 1.29 is 27.8 Å². The third kappa shape index (κ3) is 3.79. The Morgan fingerprint density at radius 3 is 2.20 bits per heavy atom. The Labute approximate surface area is 113 Å². The molecule has 1 saturated heterocycles. The lowest BCUT2D eigenvalue weighted by molar-refractivity contribution is -0.274. The molecular weight excluding hydrogens is 275 g/mol. The molecule has 0 aromatic heterocycles. The highest BCUT2D eigenvalue weighted by atomic mass is 19.4. The number of rotatable bonds is 2. The number of amides is 1. The number of piperidine rings is 1. The molecule has 0 unspecified atom stereocenters. The molecule has 4 nitrogen and oxygen atoms in total. The van der Waals surface area contributed by atoms with Crippen LogP contribution in [0.2, 0.25) is 0 Å². The number of hydrogen-bond donors (Lipinski definition) is 1. The maximum absolute atomic E-state index is 12.0. The van der Waals surface area contributed by atoms with E-state index in [4.69, 9.17) is 5.11 Å². The SMILES string of the molecule is O=C(O)N1CCC(c2ccc(OC(F)(F)F)cc2)CC1. The van der Waals surface area contributed by atoms with Crippen molar-refractivity contribution in [3.05, 3.63) is 29.8 Å². The van der Waals surface area contributed by atoms with Crippen LogP contribution in [-0.2, 0) is 0 Å². The van der Waals surface area contributed by atoms with Crippen molar-refractivity contribution in [2.75, 3.05) is 13.1 Å². The van der Waals surface area contributed by atoms with Crippen LogP contribution in [-0.4, -0.2) is 35.6 Å². The third-order valence-corrected chi connectivity index (χ3v) is 3.35. The van der Waals surface area contributed by atoms with Gasteiger partial charge < -0.3 is 14.7 Å². The van der Waals surface area contributed by atoms with Gasteiger partial charge in [0, 0.05) is 13.1 Å². The smallest absolute Gasteiger partial charge is 0.465 e. The number of nitrogens with zero attached hydrogens (tertiary/aromatic N) is 1. The van der Waals surface area contributed by atoms with Gasteiger partial charge in [0.05, 0.1) is 0 Å². The van der Waals surface area contributed by atoms with Crippen molar-refractivity contribution in [2.24, 2.45) is 0 Å². The molecular formula is C13H14F3NO3. The van der Waals surface area contributed by atoms with Gasteiger partial charge >= 0.3 is 12.5 Å². The van der Waals surface area contributed by atoms with E-state index in [1.54, 1.807) is 12.1 Å². The van der Waals surface area contributed by atoms with Gasteiger partial charge in [-0.1, -0.05) is 12.1 Å². The number of likely N-dealkylation sites (tertiary alicyclic amines) is 1. The zero-order chi connectivity index (χ0) is 14.8. The molecule has 0 spiro atoms. The fourth-order valence-electron chi connectivity index (χ4n) is 2.35. The first kappa shape index (κ1) is 14.5. The molecule has 1 fully saturated rings. The molecule has 7 heteroatoms. The van der Waals surface area contributed by atoms with Crippen LogP contribution in [0.4, 0.5) is 18.0 Å². The summed E-state index contributed by atoms with van der Waals surface area (Å²) < 4.78 is 39.9. The Bertz CT molecular complexity index is 465. The lowest BCUT2D eigenvalue weighted by Crippen LogP contribution is -2.36. The van der Waals surface area contributed by atoms with Crippen LogP contribution in [0.5, 0.6) is 5.75 Å². The van der Waals surface area contributed by atoms with Crippen molar-refractivity contribution >= 4 is 6.09 Å². The number of carboxylic acid groups (broad SMARTS) is 1. The second-order valence-electron chi connectivity index (χ2n) is 4.66. The number of halogens is 3. The zero-order valence-electron chi connectivity index (χ0n) is 10.6. The predicted octanol–water partition coefficient (Wildman–Crippen LogP) is 3.44. The Morgan fingerprint density at radius 2 is 1.75 bits per heavy atom. The van der Waals surface area contributed by atoms with Gasteiger partial charge in [0.15, 0.2) is 0 Å². The lowest BCUT2D eigenvalue weighted by atomic mass is 9.89. The van der Waals surface area contributed by atoms with Crippen molar-refractivity contribution in [2.45, 2.75) is 25.1 Å². The molecule has 1 N–H and O–H groups in total. The van der Waals surface area contributed by atoms with E-state index < -0.39 is 12.5 Å². The second kappa shape index (κ2) is 5.60. The summed E-state index contributed by atoms with van der Waals surface area (Å²) in [6.45, 7) is 0.890. The quantitative estimate of drug-likeness (QED) is 0.907. The minimum absolute atomic E-state index is 0.172. The van der Waals surface area contributed by atoms with Crippen molar-refractivity contribution in [3.8, 4) is 5.75 Å². The number of ether oxygens (including phenoxy) is 1. The van der Waals surface area contributed by atoms with E-state index in [1.807, 2.05) is 0 Å². The number of hydrogen-bond acceptors (Lipinski definition) is 2. The molecule has 0 bridgehead atoms. The Kier molecular flexibility index (Phi) is 4.06. The van der Waals surface area contributed by atoms with Gasteiger partial charge in [0.2, 0.25) is 0 Å². The van der Waals surface area contributed by atoms with Gasteiger partial charge in [-0.3, -0.25) is 0 Å². The monoisotopic (exact) mass is 289 g/mol. The van der Waals surface area contributed by atoms with Crippen molar-refractivity contribution in [3.63, 3.8) is 0 Å². The zero-order valence-corrected chi connectivity index (χ0v) is 10.6. The van der Waals surface area contributed by atoms with Crippen LogP contribution in [0.1, 0.15) is 24.3 Å². The standard InChI is InChI=1S/C13H14F3NO3/c14-13(15,16)20-11-3-1-9(2-4-11)10-5-7-17(8-6-10)12(18)19/h1-4,10H,5-8H2,(H,18,19). The van der Waals surface area contributed by atoms with E-state index >= 15 is 0 Å². The molecule has 0 radical (unpaired) electrons.